The predicted octanol–water partition coefficient (Wildman–Crippen LogP) is 3.71. The maximum absolute atomic E-state index is 11.3. The molecule has 0 aliphatic rings. The molecular weight excluding hydrogens is 442 g/mol. The van der Waals surface area contributed by atoms with Gasteiger partial charge in [-0.3, -0.25) is 9.48 Å². The standard InChI is InChI=1S/C25H19N9O/c1-33-14-19(13-29-33)16-2-3-17-11-27-25(31-22(17)10-16)30-20-5-7-21(8-6-20)34-15-28-24(32-34)18-4-9-23(35)26-12-18/h2-15H,1H3,(H,26,35)(H,27,30,31). The molecule has 35 heavy (non-hydrogen) atoms. The normalized spacial score (nSPS) is 11.1. The van der Waals surface area contributed by atoms with Crippen LogP contribution < -0.4 is 10.9 Å². The van der Waals surface area contributed by atoms with E-state index < -0.39 is 0 Å². The summed E-state index contributed by atoms with van der Waals surface area (Å²) in [5.74, 6) is 1.04. The number of aryl methyl sites for hydroxylation is 1. The molecule has 6 aromatic rings. The van der Waals surface area contributed by atoms with Gasteiger partial charge in [-0.05, 0) is 42.0 Å². The zero-order valence-electron chi connectivity index (χ0n) is 18.6. The smallest absolute Gasteiger partial charge is 0.247 e. The molecule has 170 valence electrons. The van der Waals surface area contributed by atoms with Gasteiger partial charge in [-0.15, -0.1) is 5.10 Å². The molecule has 0 radical (unpaired) electrons. The van der Waals surface area contributed by atoms with Crippen molar-refractivity contribution < 1.29 is 0 Å². The van der Waals surface area contributed by atoms with E-state index in [0.717, 1.165) is 39.0 Å². The van der Waals surface area contributed by atoms with Gasteiger partial charge in [0.15, 0.2) is 5.82 Å². The Balaban J connectivity index is 1.21. The molecule has 4 heterocycles. The second-order valence-corrected chi connectivity index (χ2v) is 8.00. The number of H-pyrrole nitrogens is 1. The molecule has 10 nitrogen and oxygen atoms in total. The Kier molecular flexibility index (Phi) is 4.88. The summed E-state index contributed by atoms with van der Waals surface area (Å²) in [6, 6.07) is 16.9. The van der Waals surface area contributed by atoms with Crippen molar-refractivity contribution in [2.75, 3.05) is 5.32 Å². The quantitative estimate of drug-likeness (QED) is 0.402. The summed E-state index contributed by atoms with van der Waals surface area (Å²) in [5.41, 5.74) is 5.19. The molecule has 0 saturated carbocycles. The summed E-state index contributed by atoms with van der Waals surface area (Å²) in [6.45, 7) is 0. The van der Waals surface area contributed by atoms with Crippen LogP contribution >= 0.6 is 0 Å². The fraction of sp³-hybridized carbons (Fsp3) is 0.0400. The van der Waals surface area contributed by atoms with Gasteiger partial charge >= 0.3 is 0 Å². The van der Waals surface area contributed by atoms with E-state index in [4.69, 9.17) is 0 Å². The molecule has 0 unspecified atom stereocenters. The number of fused-ring (bicyclic) bond motifs is 1. The molecule has 0 atom stereocenters. The fourth-order valence-electron chi connectivity index (χ4n) is 3.73. The van der Waals surface area contributed by atoms with Gasteiger partial charge in [0.1, 0.15) is 6.33 Å². The minimum atomic E-state index is -0.166. The highest BCUT2D eigenvalue weighted by molar-refractivity contribution is 5.84. The summed E-state index contributed by atoms with van der Waals surface area (Å²) < 4.78 is 3.46. The molecule has 0 aliphatic carbocycles. The van der Waals surface area contributed by atoms with Gasteiger partial charge in [0.25, 0.3) is 0 Å². The van der Waals surface area contributed by atoms with Crippen molar-refractivity contribution in [2.24, 2.45) is 7.05 Å². The summed E-state index contributed by atoms with van der Waals surface area (Å²) >= 11 is 0. The number of rotatable bonds is 5. The summed E-state index contributed by atoms with van der Waals surface area (Å²) in [4.78, 5) is 27.4. The molecule has 0 amide bonds. The first-order valence-corrected chi connectivity index (χ1v) is 10.8. The number of hydrogen-bond acceptors (Lipinski definition) is 7. The molecular formula is C25H19N9O. The van der Waals surface area contributed by atoms with Crippen LogP contribution in [-0.4, -0.2) is 39.5 Å². The molecule has 2 N–H and O–H groups in total. The van der Waals surface area contributed by atoms with Gasteiger partial charge in [-0.2, -0.15) is 5.10 Å². The second-order valence-electron chi connectivity index (χ2n) is 8.00. The number of aromatic amines is 1. The zero-order chi connectivity index (χ0) is 23.8. The number of anilines is 2. The van der Waals surface area contributed by atoms with Crippen molar-refractivity contribution in [1.82, 2.24) is 39.5 Å². The van der Waals surface area contributed by atoms with Crippen LogP contribution in [0, 0.1) is 0 Å². The third kappa shape index (κ3) is 4.15. The molecule has 6 rings (SSSR count). The Morgan fingerprint density at radius 1 is 0.914 bits per heavy atom. The van der Waals surface area contributed by atoms with E-state index in [1.165, 1.54) is 6.07 Å². The van der Waals surface area contributed by atoms with Crippen LogP contribution in [0.5, 0.6) is 0 Å². The first-order chi connectivity index (χ1) is 17.1. The molecule has 10 heteroatoms. The summed E-state index contributed by atoms with van der Waals surface area (Å²) in [7, 11) is 1.90. The van der Waals surface area contributed by atoms with E-state index >= 15 is 0 Å². The number of aromatic nitrogens is 8. The highest BCUT2D eigenvalue weighted by atomic mass is 16.1. The van der Waals surface area contributed by atoms with Gasteiger partial charge in [-0.25, -0.2) is 19.6 Å². The van der Waals surface area contributed by atoms with E-state index in [0.29, 0.717) is 11.8 Å². The van der Waals surface area contributed by atoms with Crippen molar-refractivity contribution in [3.8, 4) is 28.2 Å². The minimum Gasteiger partial charge on any atom is -0.328 e. The third-order valence-corrected chi connectivity index (χ3v) is 5.54. The molecule has 0 fully saturated rings. The maximum Gasteiger partial charge on any atom is 0.247 e. The molecule has 4 aromatic heterocycles. The molecule has 0 spiro atoms. The highest BCUT2D eigenvalue weighted by Gasteiger charge is 2.08. The second kappa shape index (κ2) is 8.34. The maximum atomic E-state index is 11.3. The number of pyridine rings is 1. The molecule has 0 bridgehead atoms. The van der Waals surface area contributed by atoms with Crippen LogP contribution in [0.2, 0.25) is 0 Å². The Hall–Kier alpha value is -5.12. The van der Waals surface area contributed by atoms with Crippen molar-refractivity contribution in [3.63, 3.8) is 0 Å². The lowest BCUT2D eigenvalue weighted by Crippen LogP contribution is -2.02. The number of hydrogen-bond donors (Lipinski definition) is 2. The van der Waals surface area contributed by atoms with E-state index in [9.17, 15) is 4.79 Å². The average molecular weight is 461 g/mol. The molecule has 2 aromatic carbocycles. The predicted molar refractivity (Wildman–Crippen MR) is 132 cm³/mol. The lowest BCUT2D eigenvalue weighted by Gasteiger charge is -2.08. The van der Waals surface area contributed by atoms with Crippen LogP contribution in [0.1, 0.15) is 0 Å². The van der Waals surface area contributed by atoms with Crippen molar-refractivity contribution in [3.05, 3.63) is 96.1 Å². The van der Waals surface area contributed by atoms with Crippen LogP contribution in [0.4, 0.5) is 11.6 Å². The lowest BCUT2D eigenvalue weighted by molar-refractivity contribution is 0.768. The van der Waals surface area contributed by atoms with Crippen LogP contribution in [0.15, 0.2) is 90.5 Å². The monoisotopic (exact) mass is 461 g/mol. The Labute approximate surface area is 199 Å². The molecule has 0 saturated heterocycles. The zero-order valence-corrected chi connectivity index (χ0v) is 18.6. The minimum absolute atomic E-state index is 0.166. The van der Waals surface area contributed by atoms with Gasteiger partial charge in [-0.1, -0.05) is 12.1 Å². The lowest BCUT2D eigenvalue weighted by atomic mass is 10.1. The topological polar surface area (TPSA) is 119 Å². The van der Waals surface area contributed by atoms with Crippen LogP contribution in [-0.2, 0) is 7.05 Å². The van der Waals surface area contributed by atoms with E-state index in [2.05, 4.69) is 35.5 Å². The summed E-state index contributed by atoms with van der Waals surface area (Å²) in [6.07, 6.45) is 8.84. The number of nitrogens with zero attached hydrogens (tertiary/aromatic N) is 7. The van der Waals surface area contributed by atoms with Crippen LogP contribution in [0.3, 0.4) is 0 Å². The highest BCUT2D eigenvalue weighted by Crippen LogP contribution is 2.24. The largest absolute Gasteiger partial charge is 0.328 e. The average Bonchev–Trinajstić information content (AvgIpc) is 3.54. The number of nitrogens with one attached hydrogen (secondary N) is 2. The van der Waals surface area contributed by atoms with Crippen molar-refractivity contribution >= 4 is 22.5 Å². The SMILES string of the molecule is Cn1cc(-c2ccc3cnc(Nc4ccc(-n5cnc(-c6ccc(=O)[nH]c6)n5)cc4)nc3c2)cn1. The summed E-state index contributed by atoms with van der Waals surface area (Å²) in [5, 5.41) is 13.0. The Morgan fingerprint density at radius 2 is 1.77 bits per heavy atom. The fourth-order valence-corrected chi connectivity index (χ4v) is 3.73. The Morgan fingerprint density at radius 3 is 2.54 bits per heavy atom. The van der Waals surface area contributed by atoms with E-state index in [1.807, 2.05) is 61.9 Å². The number of benzene rings is 2. The first kappa shape index (κ1) is 20.5. The third-order valence-electron chi connectivity index (χ3n) is 5.54. The van der Waals surface area contributed by atoms with Crippen LogP contribution in [0.25, 0.3) is 39.1 Å². The van der Waals surface area contributed by atoms with Crippen molar-refractivity contribution in [2.45, 2.75) is 0 Å². The van der Waals surface area contributed by atoms with Crippen molar-refractivity contribution in [1.29, 1.82) is 0 Å². The van der Waals surface area contributed by atoms with Gasteiger partial charge < -0.3 is 10.3 Å². The van der Waals surface area contributed by atoms with E-state index in [-0.39, 0.29) is 5.56 Å². The molecule has 0 aliphatic heterocycles. The van der Waals surface area contributed by atoms with E-state index in [1.54, 1.807) is 34.2 Å². The first-order valence-electron chi connectivity index (χ1n) is 10.8. The Bertz CT molecular complexity index is 1690. The van der Waals surface area contributed by atoms with Gasteiger partial charge in [0.05, 0.1) is 17.4 Å². The van der Waals surface area contributed by atoms with Gasteiger partial charge in [0, 0.05) is 53.9 Å². The van der Waals surface area contributed by atoms with Gasteiger partial charge in [0.2, 0.25) is 11.5 Å².